The number of amides is 2. The first kappa shape index (κ1) is 15.5. The fraction of sp³-hybridized carbons (Fsp3) is 0.500. The Balaban J connectivity index is 1.60. The van der Waals surface area contributed by atoms with Crippen LogP contribution in [-0.2, 0) is 9.53 Å². The molecule has 1 fully saturated rings. The first-order valence-corrected chi connectivity index (χ1v) is 7.43. The van der Waals surface area contributed by atoms with E-state index in [2.05, 4.69) is 10.6 Å². The molecule has 0 bridgehead atoms. The first-order chi connectivity index (χ1) is 10.3. The molecule has 1 aromatic carbocycles. The van der Waals surface area contributed by atoms with Gasteiger partial charge in [-0.2, -0.15) is 0 Å². The molecule has 0 spiro atoms. The van der Waals surface area contributed by atoms with Crippen LogP contribution in [0, 0.1) is 5.92 Å². The van der Waals surface area contributed by atoms with Gasteiger partial charge < -0.3 is 15.4 Å². The zero-order valence-corrected chi connectivity index (χ0v) is 12.1. The maximum absolute atomic E-state index is 11.8. The van der Waals surface area contributed by atoms with Gasteiger partial charge in [0.25, 0.3) is 5.91 Å². The van der Waals surface area contributed by atoms with Gasteiger partial charge in [-0.3, -0.25) is 9.59 Å². The first-order valence-electron chi connectivity index (χ1n) is 7.43. The number of rotatable bonds is 6. The van der Waals surface area contributed by atoms with E-state index >= 15 is 0 Å². The SMILES string of the molecule is O=C(CNC(=O)c1ccccc1)NCCC1CCOCC1. The lowest BCUT2D eigenvalue weighted by molar-refractivity contribution is -0.120. The summed E-state index contributed by atoms with van der Waals surface area (Å²) in [5.41, 5.74) is 0.563. The Bertz CT molecular complexity index is 456. The van der Waals surface area contributed by atoms with Gasteiger partial charge in [0.15, 0.2) is 0 Å². The number of benzene rings is 1. The van der Waals surface area contributed by atoms with Crippen LogP contribution in [-0.4, -0.2) is 38.1 Å². The van der Waals surface area contributed by atoms with Crippen molar-refractivity contribution in [2.75, 3.05) is 26.3 Å². The van der Waals surface area contributed by atoms with Gasteiger partial charge in [-0.15, -0.1) is 0 Å². The second-order valence-corrected chi connectivity index (χ2v) is 5.24. The summed E-state index contributed by atoms with van der Waals surface area (Å²) in [6, 6.07) is 8.88. The molecule has 1 heterocycles. The average molecular weight is 290 g/mol. The van der Waals surface area contributed by atoms with Gasteiger partial charge >= 0.3 is 0 Å². The lowest BCUT2D eigenvalue weighted by atomic mass is 9.97. The molecule has 2 rings (SSSR count). The zero-order valence-electron chi connectivity index (χ0n) is 12.1. The monoisotopic (exact) mass is 290 g/mol. The van der Waals surface area contributed by atoms with E-state index in [4.69, 9.17) is 4.74 Å². The average Bonchev–Trinajstić information content (AvgIpc) is 2.54. The van der Waals surface area contributed by atoms with E-state index in [1.807, 2.05) is 6.07 Å². The van der Waals surface area contributed by atoms with E-state index in [0.29, 0.717) is 18.0 Å². The van der Waals surface area contributed by atoms with Crippen LogP contribution >= 0.6 is 0 Å². The third kappa shape index (κ3) is 5.55. The fourth-order valence-corrected chi connectivity index (χ4v) is 2.37. The van der Waals surface area contributed by atoms with Crippen molar-refractivity contribution < 1.29 is 14.3 Å². The van der Waals surface area contributed by atoms with Crippen molar-refractivity contribution in [3.8, 4) is 0 Å². The predicted octanol–water partition coefficient (Wildman–Crippen LogP) is 1.35. The third-order valence-electron chi connectivity index (χ3n) is 3.66. The van der Waals surface area contributed by atoms with Crippen molar-refractivity contribution in [2.24, 2.45) is 5.92 Å². The van der Waals surface area contributed by atoms with Crippen LogP contribution in [0.4, 0.5) is 0 Å². The molecule has 5 heteroatoms. The van der Waals surface area contributed by atoms with E-state index in [0.717, 1.165) is 32.5 Å². The Morgan fingerprint density at radius 3 is 2.52 bits per heavy atom. The van der Waals surface area contributed by atoms with Gasteiger partial charge in [-0.25, -0.2) is 0 Å². The largest absolute Gasteiger partial charge is 0.381 e. The molecule has 21 heavy (non-hydrogen) atoms. The van der Waals surface area contributed by atoms with Crippen LogP contribution in [0.1, 0.15) is 29.6 Å². The topological polar surface area (TPSA) is 67.4 Å². The zero-order chi connectivity index (χ0) is 14.9. The molecule has 1 aliphatic heterocycles. The fourth-order valence-electron chi connectivity index (χ4n) is 2.37. The summed E-state index contributed by atoms with van der Waals surface area (Å²) in [5, 5.41) is 5.46. The molecule has 0 unspecified atom stereocenters. The van der Waals surface area contributed by atoms with Crippen LogP contribution in [0.3, 0.4) is 0 Å². The Morgan fingerprint density at radius 1 is 1.10 bits per heavy atom. The summed E-state index contributed by atoms with van der Waals surface area (Å²) in [7, 11) is 0. The Hall–Kier alpha value is -1.88. The minimum absolute atomic E-state index is 0.0154. The molecule has 0 aliphatic carbocycles. The van der Waals surface area contributed by atoms with E-state index in [9.17, 15) is 9.59 Å². The molecule has 114 valence electrons. The van der Waals surface area contributed by atoms with Gasteiger partial charge in [0.05, 0.1) is 6.54 Å². The van der Waals surface area contributed by atoms with E-state index < -0.39 is 0 Å². The van der Waals surface area contributed by atoms with E-state index in [1.165, 1.54) is 0 Å². The second kappa shape index (κ2) is 8.42. The lowest BCUT2D eigenvalue weighted by Crippen LogP contribution is -2.37. The van der Waals surface area contributed by atoms with Crippen molar-refractivity contribution in [3.05, 3.63) is 35.9 Å². The summed E-state index contributed by atoms with van der Waals surface area (Å²) in [6.45, 7) is 2.32. The molecule has 2 amide bonds. The van der Waals surface area contributed by atoms with Crippen LogP contribution in [0.5, 0.6) is 0 Å². The van der Waals surface area contributed by atoms with Crippen molar-refractivity contribution in [1.82, 2.24) is 10.6 Å². The summed E-state index contributed by atoms with van der Waals surface area (Å²) >= 11 is 0. The molecule has 0 aromatic heterocycles. The third-order valence-corrected chi connectivity index (χ3v) is 3.66. The molecular weight excluding hydrogens is 268 g/mol. The molecule has 1 saturated heterocycles. The summed E-state index contributed by atoms with van der Waals surface area (Å²) in [6.07, 6.45) is 3.11. The van der Waals surface area contributed by atoms with Crippen LogP contribution in [0.25, 0.3) is 0 Å². The van der Waals surface area contributed by atoms with Gasteiger partial charge in [0.1, 0.15) is 0 Å². The van der Waals surface area contributed by atoms with Crippen molar-refractivity contribution in [3.63, 3.8) is 0 Å². The predicted molar refractivity (Wildman–Crippen MR) is 79.9 cm³/mol. The lowest BCUT2D eigenvalue weighted by Gasteiger charge is -2.21. The molecule has 0 radical (unpaired) electrons. The molecule has 1 aliphatic rings. The minimum atomic E-state index is -0.227. The smallest absolute Gasteiger partial charge is 0.251 e. The summed E-state index contributed by atoms with van der Waals surface area (Å²) in [5.74, 6) is 0.263. The van der Waals surface area contributed by atoms with Gasteiger partial charge in [-0.05, 0) is 37.3 Å². The highest BCUT2D eigenvalue weighted by atomic mass is 16.5. The Labute approximate surface area is 125 Å². The van der Waals surface area contributed by atoms with Crippen molar-refractivity contribution >= 4 is 11.8 Å². The van der Waals surface area contributed by atoms with Gasteiger partial charge in [0, 0.05) is 25.3 Å². The van der Waals surface area contributed by atoms with Crippen molar-refractivity contribution in [2.45, 2.75) is 19.3 Å². The quantitative estimate of drug-likeness (QED) is 0.831. The molecule has 1 aromatic rings. The normalized spacial score (nSPS) is 15.4. The number of hydrogen-bond donors (Lipinski definition) is 2. The highest BCUT2D eigenvalue weighted by Crippen LogP contribution is 2.17. The number of ether oxygens (including phenoxy) is 1. The molecular formula is C16H22N2O3. The standard InChI is InChI=1S/C16H22N2O3/c19-15(17-9-6-13-7-10-21-11-8-13)12-18-16(20)14-4-2-1-3-5-14/h1-5,13H,6-12H2,(H,17,19)(H,18,20). The van der Waals surface area contributed by atoms with Gasteiger partial charge in [0.2, 0.25) is 5.91 Å². The number of nitrogens with one attached hydrogen (secondary N) is 2. The summed E-state index contributed by atoms with van der Waals surface area (Å²) < 4.78 is 5.30. The highest BCUT2D eigenvalue weighted by Gasteiger charge is 2.13. The van der Waals surface area contributed by atoms with Crippen LogP contribution < -0.4 is 10.6 Å². The van der Waals surface area contributed by atoms with E-state index in [1.54, 1.807) is 24.3 Å². The summed E-state index contributed by atoms with van der Waals surface area (Å²) in [4.78, 5) is 23.4. The highest BCUT2D eigenvalue weighted by molar-refractivity contribution is 5.96. The van der Waals surface area contributed by atoms with Crippen LogP contribution in [0.2, 0.25) is 0 Å². The Kier molecular flexibility index (Phi) is 6.22. The van der Waals surface area contributed by atoms with Crippen molar-refractivity contribution in [1.29, 1.82) is 0 Å². The maximum Gasteiger partial charge on any atom is 0.251 e. The second-order valence-electron chi connectivity index (χ2n) is 5.24. The maximum atomic E-state index is 11.8. The minimum Gasteiger partial charge on any atom is -0.381 e. The van der Waals surface area contributed by atoms with E-state index in [-0.39, 0.29) is 18.4 Å². The van der Waals surface area contributed by atoms with Gasteiger partial charge in [-0.1, -0.05) is 18.2 Å². The number of carbonyl (C=O) groups excluding carboxylic acids is 2. The number of carbonyl (C=O) groups is 2. The molecule has 2 N–H and O–H groups in total. The Morgan fingerprint density at radius 2 is 1.81 bits per heavy atom. The molecule has 5 nitrogen and oxygen atoms in total. The molecule has 0 saturated carbocycles. The number of hydrogen-bond acceptors (Lipinski definition) is 3. The van der Waals surface area contributed by atoms with Crippen LogP contribution in [0.15, 0.2) is 30.3 Å². The molecule has 0 atom stereocenters.